The maximum absolute atomic E-state index is 5.74. The lowest BCUT2D eigenvalue weighted by atomic mass is 10.1. The summed E-state index contributed by atoms with van der Waals surface area (Å²) in [6, 6.07) is 15.6. The highest BCUT2D eigenvalue weighted by atomic mass is 16.5. The second kappa shape index (κ2) is 10.7. The van der Waals surface area contributed by atoms with Crippen molar-refractivity contribution in [2.24, 2.45) is 4.99 Å². The van der Waals surface area contributed by atoms with Gasteiger partial charge in [0.15, 0.2) is 11.8 Å². The van der Waals surface area contributed by atoms with Gasteiger partial charge in [-0.1, -0.05) is 18.2 Å². The number of aliphatic imine (C=N–C) groups is 1. The quantitative estimate of drug-likeness (QED) is 0.293. The summed E-state index contributed by atoms with van der Waals surface area (Å²) >= 11 is 0. The lowest BCUT2D eigenvalue weighted by Gasteiger charge is -2.12. The number of nitrogens with one attached hydrogen (secondary N) is 3. The summed E-state index contributed by atoms with van der Waals surface area (Å²) in [6.07, 6.45) is 1.50. The van der Waals surface area contributed by atoms with Crippen LogP contribution in [0.2, 0.25) is 0 Å². The van der Waals surface area contributed by atoms with Crippen LogP contribution in [0.4, 0.5) is 0 Å². The minimum Gasteiger partial charge on any atom is -0.497 e. The van der Waals surface area contributed by atoms with E-state index in [1.165, 1.54) is 6.33 Å². The standard InChI is InChI=1S/C21H26N6O2/c1-3-22-21(23-11-12-29-19-9-7-18(28-2)8-10-19)24-14-16-5-4-6-17(13-16)20-25-15-26-27-20/h4-10,13,15H,3,11-12,14H2,1-2H3,(H2,22,23,24)(H,25,26,27). The van der Waals surface area contributed by atoms with Gasteiger partial charge in [-0.2, -0.15) is 5.10 Å². The Morgan fingerprint density at radius 3 is 2.66 bits per heavy atom. The van der Waals surface area contributed by atoms with Crippen molar-refractivity contribution in [2.75, 3.05) is 26.8 Å². The van der Waals surface area contributed by atoms with Crippen molar-refractivity contribution >= 4 is 5.96 Å². The molecular formula is C21H26N6O2. The van der Waals surface area contributed by atoms with Gasteiger partial charge in [-0.3, -0.25) is 5.10 Å². The Morgan fingerprint density at radius 2 is 1.93 bits per heavy atom. The molecular weight excluding hydrogens is 368 g/mol. The van der Waals surface area contributed by atoms with E-state index in [1.54, 1.807) is 7.11 Å². The minimum atomic E-state index is 0.526. The van der Waals surface area contributed by atoms with Crippen molar-refractivity contribution in [1.82, 2.24) is 25.8 Å². The average Bonchev–Trinajstić information content (AvgIpc) is 3.30. The molecule has 0 spiro atoms. The first kappa shape index (κ1) is 20.2. The van der Waals surface area contributed by atoms with E-state index in [1.807, 2.05) is 49.4 Å². The number of benzene rings is 2. The van der Waals surface area contributed by atoms with Gasteiger partial charge >= 0.3 is 0 Å². The van der Waals surface area contributed by atoms with Gasteiger partial charge in [0.1, 0.15) is 24.4 Å². The molecule has 0 saturated carbocycles. The lowest BCUT2D eigenvalue weighted by molar-refractivity contribution is 0.321. The van der Waals surface area contributed by atoms with Crippen LogP contribution in [0.1, 0.15) is 12.5 Å². The maximum atomic E-state index is 5.74. The van der Waals surface area contributed by atoms with Gasteiger partial charge in [0.05, 0.1) is 20.2 Å². The Kier molecular flexibility index (Phi) is 7.45. The van der Waals surface area contributed by atoms with Gasteiger partial charge in [0, 0.05) is 12.1 Å². The highest BCUT2D eigenvalue weighted by Gasteiger charge is 2.03. The molecule has 0 aliphatic rings. The van der Waals surface area contributed by atoms with Gasteiger partial charge in [0.25, 0.3) is 0 Å². The predicted molar refractivity (Wildman–Crippen MR) is 113 cm³/mol. The van der Waals surface area contributed by atoms with Crippen molar-refractivity contribution in [3.8, 4) is 22.9 Å². The van der Waals surface area contributed by atoms with Crippen molar-refractivity contribution in [2.45, 2.75) is 13.5 Å². The fourth-order valence-corrected chi connectivity index (χ4v) is 2.68. The normalized spacial score (nSPS) is 11.2. The number of ether oxygens (including phenoxy) is 2. The lowest BCUT2D eigenvalue weighted by Crippen LogP contribution is -2.39. The summed E-state index contributed by atoms with van der Waals surface area (Å²) in [7, 11) is 1.64. The molecule has 0 aliphatic carbocycles. The Balaban J connectivity index is 1.51. The van der Waals surface area contributed by atoms with E-state index in [0.717, 1.165) is 41.0 Å². The third kappa shape index (κ3) is 6.24. The molecule has 3 aromatic rings. The van der Waals surface area contributed by atoms with Crippen LogP contribution in [0.25, 0.3) is 11.4 Å². The molecule has 29 heavy (non-hydrogen) atoms. The summed E-state index contributed by atoms with van der Waals surface area (Å²) in [6.45, 7) is 4.53. The first-order chi connectivity index (χ1) is 14.3. The number of rotatable bonds is 9. The molecule has 0 amide bonds. The second-order valence-corrected chi connectivity index (χ2v) is 6.18. The first-order valence-electron chi connectivity index (χ1n) is 9.52. The Hall–Kier alpha value is -3.55. The third-order valence-electron chi connectivity index (χ3n) is 4.10. The molecule has 1 aromatic heterocycles. The van der Waals surface area contributed by atoms with E-state index in [4.69, 9.17) is 9.47 Å². The van der Waals surface area contributed by atoms with Crippen molar-refractivity contribution in [3.63, 3.8) is 0 Å². The van der Waals surface area contributed by atoms with Gasteiger partial charge in [-0.05, 0) is 42.8 Å². The smallest absolute Gasteiger partial charge is 0.191 e. The third-order valence-corrected chi connectivity index (χ3v) is 4.10. The van der Waals surface area contributed by atoms with Crippen LogP contribution in [0.15, 0.2) is 59.9 Å². The van der Waals surface area contributed by atoms with Crippen LogP contribution < -0.4 is 20.1 Å². The number of H-pyrrole nitrogens is 1. The van der Waals surface area contributed by atoms with Crippen LogP contribution in [0.3, 0.4) is 0 Å². The second-order valence-electron chi connectivity index (χ2n) is 6.18. The first-order valence-corrected chi connectivity index (χ1v) is 9.52. The van der Waals surface area contributed by atoms with Crippen LogP contribution in [-0.4, -0.2) is 47.9 Å². The number of hydrogen-bond acceptors (Lipinski definition) is 5. The van der Waals surface area contributed by atoms with Crippen LogP contribution in [0, 0.1) is 0 Å². The SMILES string of the molecule is CCNC(=NCc1cccc(-c2ncn[nH]2)c1)NCCOc1ccc(OC)cc1. The van der Waals surface area contributed by atoms with Gasteiger partial charge < -0.3 is 20.1 Å². The maximum Gasteiger partial charge on any atom is 0.191 e. The molecule has 1 heterocycles. The Bertz CT molecular complexity index is 894. The Morgan fingerprint density at radius 1 is 1.10 bits per heavy atom. The molecule has 3 rings (SSSR count). The number of guanidine groups is 1. The molecule has 0 saturated heterocycles. The van der Waals surface area contributed by atoms with E-state index >= 15 is 0 Å². The number of aromatic nitrogens is 3. The number of nitrogens with zero attached hydrogens (tertiary/aromatic N) is 3. The van der Waals surface area contributed by atoms with E-state index < -0.39 is 0 Å². The summed E-state index contributed by atoms with van der Waals surface area (Å²) < 4.78 is 10.9. The number of methoxy groups -OCH3 is 1. The van der Waals surface area contributed by atoms with Crippen LogP contribution in [-0.2, 0) is 6.54 Å². The zero-order valence-electron chi connectivity index (χ0n) is 16.7. The zero-order valence-corrected chi connectivity index (χ0v) is 16.7. The highest BCUT2D eigenvalue weighted by Crippen LogP contribution is 2.17. The van der Waals surface area contributed by atoms with E-state index in [2.05, 4.69) is 36.9 Å². The molecule has 0 bridgehead atoms. The monoisotopic (exact) mass is 394 g/mol. The molecule has 152 valence electrons. The van der Waals surface area contributed by atoms with Crippen LogP contribution >= 0.6 is 0 Å². The molecule has 0 fully saturated rings. The van der Waals surface area contributed by atoms with Crippen molar-refractivity contribution in [1.29, 1.82) is 0 Å². The van der Waals surface area contributed by atoms with Crippen molar-refractivity contribution < 1.29 is 9.47 Å². The summed E-state index contributed by atoms with van der Waals surface area (Å²) in [5.41, 5.74) is 2.08. The van der Waals surface area contributed by atoms with Gasteiger partial charge in [-0.15, -0.1) is 0 Å². The summed E-state index contributed by atoms with van der Waals surface area (Å²) in [5.74, 6) is 3.11. The fraction of sp³-hybridized carbons (Fsp3) is 0.286. The molecule has 0 unspecified atom stereocenters. The number of hydrogen-bond donors (Lipinski definition) is 3. The molecule has 0 radical (unpaired) electrons. The molecule has 2 aromatic carbocycles. The average molecular weight is 394 g/mol. The molecule has 8 heteroatoms. The Labute approximate surface area is 170 Å². The van der Waals surface area contributed by atoms with E-state index in [0.29, 0.717) is 19.7 Å². The fourth-order valence-electron chi connectivity index (χ4n) is 2.68. The van der Waals surface area contributed by atoms with Crippen LogP contribution in [0.5, 0.6) is 11.5 Å². The molecule has 3 N–H and O–H groups in total. The molecule has 0 aliphatic heterocycles. The highest BCUT2D eigenvalue weighted by molar-refractivity contribution is 5.79. The van der Waals surface area contributed by atoms with E-state index in [-0.39, 0.29) is 0 Å². The minimum absolute atomic E-state index is 0.526. The summed E-state index contributed by atoms with van der Waals surface area (Å²) in [4.78, 5) is 8.84. The molecule has 0 atom stereocenters. The zero-order chi connectivity index (χ0) is 20.3. The molecule has 8 nitrogen and oxygen atoms in total. The predicted octanol–water partition coefficient (Wildman–Crippen LogP) is 2.61. The van der Waals surface area contributed by atoms with Crippen molar-refractivity contribution in [3.05, 3.63) is 60.4 Å². The summed E-state index contributed by atoms with van der Waals surface area (Å²) in [5, 5.41) is 13.3. The largest absolute Gasteiger partial charge is 0.497 e. The van der Waals surface area contributed by atoms with Gasteiger partial charge in [-0.25, -0.2) is 9.98 Å². The number of aromatic amines is 1. The van der Waals surface area contributed by atoms with Gasteiger partial charge in [0.2, 0.25) is 0 Å². The topological polar surface area (TPSA) is 96.5 Å². The van der Waals surface area contributed by atoms with E-state index in [9.17, 15) is 0 Å².